The molecule has 2 heterocycles. The quantitative estimate of drug-likeness (QED) is 0.265. The molecule has 0 bridgehead atoms. The lowest BCUT2D eigenvalue weighted by Gasteiger charge is -2.20. The number of carbonyl (C=O) groups excluding carboxylic acids is 2. The minimum absolute atomic E-state index is 0.0891. The third kappa shape index (κ3) is 5.59. The Labute approximate surface area is 230 Å². The molecule has 2 amide bonds. The summed E-state index contributed by atoms with van der Waals surface area (Å²) in [5.74, 6) is 6.78. The normalized spacial score (nSPS) is 12.2. The van der Waals surface area contributed by atoms with Gasteiger partial charge in [0.1, 0.15) is 5.82 Å². The van der Waals surface area contributed by atoms with E-state index in [0.717, 1.165) is 18.4 Å². The number of amides is 2. The molecule has 40 heavy (non-hydrogen) atoms. The molecule has 0 atom stereocenters. The number of ether oxygens (including phenoxy) is 2. The second-order valence-corrected chi connectivity index (χ2v) is 9.23. The van der Waals surface area contributed by atoms with Crippen molar-refractivity contribution in [2.45, 2.75) is 19.3 Å². The Morgan fingerprint density at radius 2 is 1.90 bits per heavy atom. The Bertz CT molecular complexity index is 1630. The predicted octanol–water partition coefficient (Wildman–Crippen LogP) is 3.83. The summed E-state index contributed by atoms with van der Waals surface area (Å²) in [6.07, 6.45) is 4.92. The van der Waals surface area contributed by atoms with E-state index in [0.29, 0.717) is 46.1 Å². The number of nitrogen functional groups attached to an aromatic ring is 2. The van der Waals surface area contributed by atoms with Crippen LogP contribution in [0.15, 0.2) is 65.4 Å². The largest absolute Gasteiger partial charge is 0.493 e. The van der Waals surface area contributed by atoms with Gasteiger partial charge in [-0.15, -0.1) is 0 Å². The van der Waals surface area contributed by atoms with Crippen LogP contribution in [0.1, 0.15) is 45.7 Å². The van der Waals surface area contributed by atoms with Crippen LogP contribution in [0.25, 0.3) is 0 Å². The number of nitrogens with two attached hydrogens (primary N) is 2. The third-order valence-corrected chi connectivity index (χ3v) is 6.38. The summed E-state index contributed by atoms with van der Waals surface area (Å²) in [6, 6.07) is 13.8. The number of nitrogens with zero attached hydrogens (tertiary/aromatic N) is 3. The Hall–Kier alpha value is -5.30. The molecule has 1 fully saturated rings. The van der Waals surface area contributed by atoms with Gasteiger partial charge in [-0.05, 0) is 60.9 Å². The molecular weight excluding hydrogens is 510 g/mol. The Balaban J connectivity index is 1.49. The monoisotopic (exact) mass is 537 g/mol. The smallest absolute Gasteiger partial charge is 0.300 e. The van der Waals surface area contributed by atoms with E-state index >= 15 is 0 Å². The van der Waals surface area contributed by atoms with Crippen LogP contribution in [0.4, 0.5) is 17.5 Å². The van der Waals surface area contributed by atoms with E-state index in [1.165, 1.54) is 24.3 Å². The Morgan fingerprint density at radius 1 is 1.07 bits per heavy atom. The van der Waals surface area contributed by atoms with E-state index in [-0.39, 0.29) is 23.5 Å². The standard InChI is InChI=1S/C30H27N5O5/c1-38-25-16-19(14-22-17-33-30(32)34-27(22)31)13-21(26(25)39-2)9-8-18-5-3-6-23(15-18)35(28(36)20-10-11-20)29(37)24-7-4-12-40-24/h3-7,12-13,15-17,20H,10-11,14H2,1-2H3,(H4,31,32,33,34). The van der Waals surface area contributed by atoms with Gasteiger partial charge in [0.25, 0.3) is 0 Å². The number of aromatic nitrogens is 2. The van der Waals surface area contributed by atoms with E-state index in [9.17, 15) is 9.59 Å². The van der Waals surface area contributed by atoms with E-state index in [2.05, 4.69) is 21.8 Å². The maximum Gasteiger partial charge on any atom is 0.300 e. The van der Waals surface area contributed by atoms with E-state index < -0.39 is 5.91 Å². The lowest BCUT2D eigenvalue weighted by atomic mass is 10.0. The van der Waals surface area contributed by atoms with Gasteiger partial charge >= 0.3 is 5.91 Å². The lowest BCUT2D eigenvalue weighted by molar-refractivity contribution is -0.119. The van der Waals surface area contributed by atoms with Gasteiger partial charge in [0.05, 0.1) is 31.7 Å². The summed E-state index contributed by atoms with van der Waals surface area (Å²) in [6.45, 7) is 0. The number of benzene rings is 2. The summed E-state index contributed by atoms with van der Waals surface area (Å²) in [5, 5.41) is 0. The maximum atomic E-state index is 13.2. The van der Waals surface area contributed by atoms with Gasteiger partial charge in [-0.25, -0.2) is 9.88 Å². The number of hydrogen-bond donors (Lipinski definition) is 2. The predicted molar refractivity (Wildman–Crippen MR) is 149 cm³/mol. The van der Waals surface area contributed by atoms with Gasteiger partial charge in [-0.1, -0.05) is 17.9 Å². The molecule has 4 aromatic rings. The highest BCUT2D eigenvalue weighted by Gasteiger charge is 2.38. The van der Waals surface area contributed by atoms with Gasteiger partial charge in [-0.3, -0.25) is 9.59 Å². The van der Waals surface area contributed by atoms with Gasteiger partial charge in [0.2, 0.25) is 11.9 Å². The Kier molecular flexibility index (Phi) is 7.37. The van der Waals surface area contributed by atoms with Crippen LogP contribution in [0.2, 0.25) is 0 Å². The van der Waals surface area contributed by atoms with E-state index in [1.54, 1.807) is 43.6 Å². The highest BCUT2D eigenvalue weighted by molar-refractivity contribution is 6.21. The van der Waals surface area contributed by atoms with Gasteiger partial charge in [-0.2, -0.15) is 4.98 Å². The number of carbonyl (C=O) groups is 2. The molecule has 5 rings (SSSR count). The van der Waals surface area contributed by atoms with Crippen LogP contribution in [-0.4, -0.2) is 36.0 Å². The third-order valence-electron chi connectivity index (χ3n) is 6.38. The molecule has 4 N–H and O–H groups in total. The first-order valence-corrected chi connectivity index (χ1v) is 12.5. The SMILES string of the molecule is COc1cc(Cc2cnc(N)nc2N)cc(C#Cc2cccc(N(C(=O)c3ccco3)C(=O)C3CC3)c2)c1OC. The first-order valence-electron chi connectivity index (χ1n) is 12.5. The zero-order chi connectivity index (χ0) is 28.2. The number of furan rings is 1. The van der Waals surface area contributed by atoms with Gasteiger partial charge in [0, 0.05) is 29.7 Å². The molecule has 0 spiro atoms. The average Bonchev–Trinajstić information content (AvgIpc) is 3.66. The van der Waals surface area contributed by atoms with Crippen LogP contribution >= 0.6 is 0 Å². The maximum absolute atomic E-state index is 13.2. The van der Waals surface area contributed by atoms with Crippen molar-refractivity contribution in [1.29, 1.82) is 0 Å². The first-order chi connectivity index (χ1) is 19.4. The van der Waals surface area contributed by atoms with Crippen molar-refractivity contribution in [2.75, 3.05) is 30.6 Å². The number of hydrogen-bond acceptors (Lipinski definition) is 9. The van der Waals surface area contributed by atoms with Crippen molar-refractivity contribution in [3.05, 3.63) is 89.0 Å². The molecule has 2 aromatic heterocycles. The fraction of sp³-hybridized carbons (Fsp3) is 0.200. The zero-order valence-electron chi connectivity index (χ0n) is 22.0. The molecule has 0 aliphatic heterocycles. The average molecular weight is 538 g/mol. The second kappa shape index (κ2) is 11.2. The lowest BCUT2D eigenvalue weighted by Crippen LogP contribution is -2.38. The number of anilines is 3. The summed E-state index contributed by atoms with van der Waals surface area (Å²) in [5.41, 5.74) is 14.8. The van der Waals surface area contributed by atoms with Crippen molar-refractivity contribution < 1.29 is 23.5 Å². The molecule has 202 valence electrons. The van der Waals surface area contributed by atoms with E-state index in [4.69, 9.17) is 25.4 Å². The number of rotatable bonds is 7. The van der Waals surface area contributed by atoms with Crippen LogP contribution in [0, 0.1) is 17.8 Å². The Morgan fingerprint density at radius 3 is 2.58 bits per heavy atom. The fourth-order valence-electron chi connectivity index (χ4n) is 4.24. The van der Waals surface area contributed by atoms with Crippen molar-refractivity contribution in [1.82, 2.24) is 9.97 Å². The van der Waals surface area contributed by atoms with E-state index in [1.807, 2.05) is 12.1 Å². The molecule has 10 nitrogen and oxygen atoms in total. The molecule has 10 heteroatoms. The minimum atomic E-state index is -0.517. The summed E-state index contributed by atoms with van der Waals surface area (Å²) >= 11 is 0. The summed E-state index contributed by atoms with van der Waals surface area (Å²) in [4.78, 5) is 35.5. The molecule has 1 aliphatic rings. The van der Waals surface area contributed by atoms with Crippen molar-refractivity contribution in [2.24, 2.45) is 5.92 Å². The van der Waals surface area contributed by atoms with Crippen molar-refractivity contribution in [3.63, 3.8) is 0 Å². The summed E-state index contributed by atoms with van der Waals surface area (Å²) < 4.78 is 16.4. The fourth-order valence-corrected chi connectivity index (χ4v) is 4.24. The van der Waals surface area contributed by atoms with Gasteiger partial charge in [0.15, 0.2) is 17.3 Å². The second-order valence-electron chi connectivity index (χ2n) is 9.23. The minimum Gasteiger partial charge on any atom is -0.493 e. The van der Waals surface area contributed by atoms with Crippen LogP contribution in [0.5, 0.6) is 11.5 Å². The molecule has 0 unspecified atom stereocenters. The highest BCUT2D eigenvalue weighted by Crippen LogP contribution is 2.35. The topological polar surface area (TPSA) is 147 Å². The van der Waals surface area contributed by atoms with Crippen LogP contribution in [-0.2, 0) is 11.2 Å². The number of methoxy groups -OCH3 is 2. The molecule has 0 saturated heterocycles. The highest BCUT2D eigenvalue weighted by atomic mass is 16.5. The van der Waals surface area contributed by atoms with Crippen LogP contribution < -0.4 is 25.8 Å². The molecule has 1 aliphatic carbocycles. The van der Waals surface area contributed by atoms with Crippen molar-refractivity contribution >= 4 is 29.3 Å². The zero-order valence-corrected chi connectivity index (χ0v) is 22.0. The molecule has 2 aromatic carbocycles. The summed E-state index contributed by atoms with van der Waals surface area (Å²) in [7, 11) is 3.08. The molecule has 1 saturated carbocycles. The molecule has 0 radical (unpaired) electrons. The first kappa shape index (κ1) is 26.3. The van der Waals surface area contributed by atoms with Crippen LogP contribution in [0.3, 0.4) is 0 Å². The van der Waals surface area contributed by atoms with Crippen molar-refractivity contribution in [3.8, 4) is 23.3 Å². The van der Waals surface area contributed by atoms with Gasteiger partial charge < -0.3 is 25.4 Å². The molecular formula is C30H27N5O5. The number of imide groups is 1.